The number of hydrogen-bond donors (Lipinski definition) is 2. The maximum atomic E-state index is 11.1. The van der Waals surface area contributed by atoms with Gasteiger partial charge in [-0.1, -0.05) is 0 Å². The Labute approximate surface area is 79.7 Å². The van der Waals surface area contributed by atoms with Gasteiger partial charge < -0.3 is 4.90 Å². The average Bonchev–Trinajstić information content (AvgIpc) is 2.09. The van der Waals surface area contributed by atoms with Gasteiger partial charge in [0.2, 0.25) is 0 Å². The fraction of sp³-hybridized carbons (Fsp3) is 1.00. The molecule has 1 rings (SSSR count). The molecule has 0 bridgehead atoms. The number of likely N-dealkylation sites (tertiary alicyclic amines) is 1. The van der Waals surface area contributed by atoms with Crippen molar-refractivity contribution in [1.29, 1.82) is 0 Å². The largest absolute Gasteiger partial charge is 0.306 e. The third kappa shape index (κ3) is 3.60. The smallest absolute Gasteiger partial charge is 0.276 e. The maximum Gasteiger partial charge on any atom is 0.276 e. The molecule has 0 unspecified atom stereocenters. The maximum absolute atomic E-state index is 11.1. The summed E-state index contributed by atoms with van der Waals surface area (Å²) in [4.78, 5) is 2.20. The van der Waals surface area contributed by atoms with Crippen LogP contribution in [0.25, 0.3) is 0 Å². The number of hydrogen-bond acceptors (Lipinski definition) is 3. The Bertz CT molecular complexity index is 244. The van der Waals surface area contributed by atoms with E-state index < -0.39 is 10.2 Å². The molecule has 0 amide bonds. The van der Waals surface area contributed by atoms with Crippen molar-refractivity contribution in [1.82, 2.24) is 14.3 Å². The summed E-state index contributed by atoms with van der Waals surface area (Å²) < 4.78 is 27.1. The van der Waals surface area contributed by atoms with Crippen LogP contribution in [0.1, 0.15) is 12.8 Å². The molecule has 0 aliphatic carbocycles. The minimum Gasteiger partial charge on any atom is -0.306 e. The third-order valence-electron chi connectivity index (χ3n) is 2.31. The van der Waals surface area contributed by atoms with Crippen LogP contribution in [0.5, 0.6) is 0 Å². The van der Waals surface area contributed by atoms with E-state index in [1.54, 1.807) is 0 Å². The Morgan fingerprint density at radius 2 is 1.85 bits per heavy atom. The van der Waals surface area contributed by atoms with Gasteiger partial charge in [0, 0.05) is 13.1 Å². The molecule has 1 aliphatic heterocycles. The van der Waals surface area contributed by atoms with Crippen molar-refractivity contribution in [3.05, 3.63) is 0 Å². The lowest BCUT2D eigenvalue weighted by Crippen LogP contribution is -2.46. The first kappa shape index (κ1) is 10.9. The van der Waals surface area contributed by atoms with Crippen LogP contribution in [0.3, 0.4) is 0 Å². The first-order chi connectivity index (χ1) is 6.03. The molecule has 1 saturated heterocycles. The summed E-state index contributed by atoms with van der Waals surface area (Å²) in [5, 5.41) is 0. The predicted octanol–water partition coefficient (Wildman–Crippen LogP) is -0.866. The highest BCUT2D eigenvalue weighted by Crippen LogP contribution is 2.08. The highest BCUT2D eigenvalue weighted by molar-refractivity contribution is 7.87. The van der Waals surface area contributed by atoms with E-state index >= 15 is 0 Å². The van der Waals surface area contributed by atoms with Gasteiger partial charge in [-0.25, -0.2) is 4.72 Å². The lowest BCUT2D eigenvalue weighted by molar-refractivity contribution is 0.248. The molecule has 13 heavy (non-hydrogen) atoms. The van der Waals surface area contributed by atoms with Gasteiger partial charge in [0.15, 0.2) is 0 Å². The van der Waals surface area contributed by atoms with Crippen LogP contribution >= 0.6 is 0 Å². The Hall–Kier alpha value is -0.170. The lowest BCUT2D eigenvalue weighted by atomic mass is 10.1. The molecule has 1 fully saturated rings. The molecule has 0 spiro atoms. The molecular weight excluding hydrogens is 190 g/mol. The van der Waals surface area contributed by atoms with Crippen LogP contribution in [-0.2, 0) is 10.2 Å². The van der Waals surface area contributed by atoms with Gasteiger partial charge >= 0.3 is 0 Å². The van der Waals surface area contributed by atoms with Crippen LogP contribution < -0.4 is 9.44 Å². The fourth-order valence-electron chi connectivity index (χ4n) is 1.40. The van der Waals surface area contributed by atoms with Crippen molar-refractivity contribution in [3.63, 3.8) is 0 Å². The van der Waals surface area contributed by atoms with E-state index in [1.807, 2.05) is 7.05 Å². The first-order valence-corrected chi connectivity index (χ1v) is 5.91. The molecule has 0 aromatic carbocycles. The second-order valence-electron chi connectivity index (χ2n) is 3.40. The van der Waals surface area contributed by atoms with Crippen molar-refractivity contribution in [3.8, 4) is 0 Å². The summed E-state index contributed by atoms with van der Waals surface area (Å²) in [6.45, 7) is 1.91. The molecule has 0 aromatic rings. The minimum atomic E-state index is -3.26. The molecule has 78 valence electrons. The van der Waals surface area contributed by atoms with Gasteiger partial charge in [-0.3, -0.25) is 0 Å². The normalized spacial score (nSPS) is 22.0. The molecule has 6 heteroatoms. The number of nitrogens with zero attached hydrogens (tertiary/aromatic N) is 1. The molecule has 1 aliphatic rings. The van der Waals surface area contributed by atoms with E-state index in [-0.39, 0.29) is 6.04 Å². The Balaban J connectivity index is 2.39. The van der Waals surface area contributed by atoms with Gasteiger partial charge in [-0.2, -0.15) is 13.1 Å². The van der Waals surface area contributed by atoms with Crippen LogP contribution in [0, 0.1) is 0 Å². The molecule has 1 heterocycles. The Morgan fingerprint density at radius 1 is 1.31 bits per heavy atom. The summed E-state index contributed by atoms with van der Waals surface area (Å²) in [6, 6.07) is 0.0913. The number of piperidine rings is 1. The molecule has 2 N–H and O–H groups in total. The summed E-state index contributed by atoms with van der Waals surface area (Å²) >= 11 is 0. The highest BCUT2D eigenvalue weighted by atomic mass is 32.2. The third-order valence-corrected chi connectivity index (χ3v) is 3.49. The summed E-state index contributed by atoms with van der Waals surface area (Å²) in [5.41, 5.74) is 0. The van der Waals surface area contributed by atoms with E-state index in [9.17, 15) is 8.42 Å². The van der Waals surface area contributed by atoms with Crippen molar-refractivity contribution >= 4 is 10.2 Å². The fourth-order valence-corrected chi connectivity index (χ4v) is 2.20. The van der Waals surface area contributed by atoms with E-state index in [0.29, 0.717) is 0 Å². The Morgan fingerprint density at radius 3 is 2.31 bits per heavy atom. The second kappa shape index (κ2) is 4.36. The monoisotopic (exact) mass is 207 g/mol. The molecular formula is C7H17N3O2S. The zero-order valence-electron chi connectivity index (χ0n) is 8.08. The zero-order valence-corrected chi connectivity index (χ0v) is 8.89. The van der Waals surface area contributed by atoms with Crippen LogP contribution in [0.2, 0.25) is 0 Å². The topological polar surface area (TPSA) is 61.4 Å². The molecule has 5 nitrogen and oxygen atoms in total. The molecule has 0 radical (unpaired) electrons. The predicted molar refractivity (Wildman–Crippen MR) is 51.6 cm³/mol. The summed E-state index contributed by atoms with van der Waals surface area (Å²) in [6.07, 6.45) is 1.77. The SMILES string of the molecule is CNS(=O)(=O)NC1CCN(C)CC1. The summed E-state index contributed by atoms with van der Waals surface area (Å²) in [5.74, 6) is 0. The second-order valence-corrected chi connectivity index (χ2v) is 5.05. The molecule has 0 saturated carbocycles. The van der Waals surface area contributed by atoms with Gasteiger partial charge in [0.1, 0.15) is 0 Å². The van der Waals surface area contributed by atoms with Gasteiger partial charge in [-0.05, 0) is 33.0 Å². The summed E-state index contributed by atoms with van der Waals surface area (Å²) in [7, 11) is 0.203. The van der Waals surface area contributed by atoms with E-state index in [4.69, 9.17) is 0 Å². The zero-order chi connectivity index (χ0) is 9.90. The van der Waals surface area contributed by atoms with Gasteiger partial charge in [-0.15, -0.1) is 0 Å². The van der Waals surface area contributed by atoms with E-state index in [2.05, 4.69) is 14.3 Å². The van der Waals surface area contributed by atoms with Crippen molar-refractivity contribution in [2.24, 2.45) is 0 Å². The average molecular weight is 207 g/mol. The van der Waals surface area contributed by atoms with Gasteiger partial charge in [0.05, 0.1) is 0 Å². The molecule has 0 aromatic heterocycles. The minimum absolute atomic E-state index is 0.0913. The van der Waals surface area contributed by atoms with Crippen molar-refractivity contribution < 1.29 is 8.42 Å². The van der Waals surface area contributed by atoms with Crippen molar-refractivity contribution in [2.75, 3.05) is 27.2 Å². The van der Waals surface area contributed by atoms with E-state index in [1.165, 1.54) is 7.05 Å². The van der Waals surface area contributed by atoms with E-state index in [0.717, 1.165) is 25.9 Å². The number of rotatable bonds is 3. The van der Waals surface area contributed by atoms with Crippen molar-refractivity contribution in [2.45, 2.75) is 18.9 Å². The van der Waals surface area contributed by atoms with Crippen LogP contribution in [0.15, 0.2) is 0 Å². The molecule has 0 atom stereocenters. The number of nitrogens with one attached hydrogen (secondary N) is 2. The Kier molecular flexibility index (Phi) is 3.66. The standard InChI is InChI=1S/C7H17N3O2S/c1-8-13(11,12)9-7-3-5-10(2)6-4-7/h7-9H,3-6H2,1-2H3. The lowest BCUT2D eigenvalue weighted by Gasteiger charge is -2.28. The highest BCUT2D eigenvalue weighted by Gasteiger charge is 2.20. The van der Waals surface area contributed by atoms with Crippen LogP contribution in [-0.4, -0.2) is 46.5 Å². The quantitative estimate of drug-likeness (QED) is 0.633. The van der Waals surface area contributed by atoms with Crippen LogP contribution in [0.4, 0.5) is 0 Å². The van der Waals surface area contributed by atoms with Gasteiger partial charge in [0.25, 0.3) is 10.2 Å². The first-order valence-electron chi connectivity index (χ1n) is 4.43.